The van der Waals surface area contributed by atoms with Gasteiger partial charge in [0.15, 0.2) is 0 Å². The lowest BCUT2D eigenvalue weighted by atomic mass is 10.1. The smallest absolute Gasteiger partial charge is 0.150 e. The topological polar surface area (TPSA) is 17.1 Å². The van der Waals surface area contributed by atoms with E-state index in [4.69, 9.17) is 0 Å². The lowest BCUT2D eigenvalue weighted by Crippen LogP contribution is -1.83. The molecule has 0 aromatic heterocycles. The molecule has 1 nitrogen and oxygen atoms in total. The van der Waals surface area contributed by atoms with E-state index in [0.717, 1.165) is 18.3 Å². The van der Waals surface area contributed by atoms with E-state index in [9.17, 15) is 4.79 Å². The van der Waals surface area contributed by atoms with Crippen molar-refractivity contribution in [2.24, 2.45) is 0 Å². The van der Waals surface area contributed by atoms with Crippen LogP contribution in [0, 0.1) is 0 Å². The van der Waals surface area contributed by atoms with Crippen LogP contribution in [0.3, 0.4) is 0 Å². The number of rotatable bonds is 4. The summed E-state index contributed by atoms with van der Waals surface area (Å²) in [5.74, 6) is 0. The predicted molar refractivity (Wildman–Crippen MR) is 71.0 cm³/mol. The van der Waals surface area contributed by atoms with Crippen LogP contribution in [0.15, 0.2) is 60.7 Å². The summed E-state index contributed by atoms with van der Waals surface area (Å²) >= 11 is 0. The molecule has 0 bridgehead atoms. The van der Waals surface area contributed by atoms with Crippen LogP contribution in [0.2, 0.25) is 0 Å². The SMILES string of the molecule is O=Cc1ccc(C/C=C/c2ccccc2)cc1. The fourth-order valence-electron chi connectivity index (χ4n) is 1.63. The van der Waals surface area contributed by atoms with E-state index in [2.05, 4.69) is 24.3 Å². The van der Waals surface area contributed by atoms with Crippen molar-refractivity contribution in [3.05, 3.63) is 77.4 Å². The normalized spacial score (nSPS) is 10.6. The van der Waals surface area contributed by atoms with Crippen molar-refractivity contribution in [3.8, 4) is 0 Å². The van der Waals surface area contributed by atoms with E-state index < -0.39 is 0 Å². The van der Waals surface area contributed by atoms with Gasteiger partial charge in [-0.3, -0.25) is 4.79 Å². The molecule has 17 heavy (non-hydrogen) atoms. The van der Waals surface area contributed by atoms with Crippen molar-refractivity contribution >= 4 is 12.4 Å². The van der Waals surface area contributed by atoms with E-state index in [0.29, 0.717) is 0 Å². The number of allylic oxidation sites excluding steroid dienone is 1. The van der Waals surface area contributed by atoms with Crippen molar-refractivity contribution < 1.29 is 4.79 Å². The van der Waals surface area contributed by atoms with E-state index in [-0.39, 0.29) is 0 Å². The Kier molecular flexibility index (Phi) is 3.87. The highest BCUT2D eigenvalue weighted by molar-refractivity contribution is 5.74. The average Bonchev–Trinajstić information content (AvgIpc) is 2.41. The maximum atomic E-state index is 10.5. The zero-order chi connectivity index (χ0) is 11.9. The lowest BCUT2D eigenvalue weighted by molar-refractivity contribution is 0.112. The molecule has 0 unspecified atom stereocenters. The number of carbonyl (C=O) groups is 1. The molecule has 0 aliphatic heterocycles. The number of benzene rings is 2. The number of aldehydes is 1. The second-order valence-corrected chi connectivity index (χ2v) is 3.88. The minimum absolute atomic E-state index is 0.723. The Morgan fingerprint density at radius 2 is 1.53 bits per heavy atom. The van der Waals surface area contributed by atoms with Crippen molar-refractivity contribution in [3.63, 3.8) is 0 Å². The summed E-state index contributed by atoms with van der Waals surface area (Å²) < 4.78 is 0. The molecule has 0 saturated carbocycles. The largest absolute Gasteiger partial charge is 0.298 e. The Labute approximate surface area is 101 Å². The molecule has 1 heteroatoms. The summed E-state index contributed by atoms with van der Waals surface area (Å²) in [6.07, 6.45) is 5.98. The van der Waals surface area contributed by atoms with Gasteiger partial charge < -0.3 is 0 Å². The molecule has 0 aliphatic carbocycles. The van der Waals surface area contributed by atoms with Crippen LogP contribution < -0.4 is 0 Å². The monoisotopic (exact) mass is 222 g/mol. The maximum absolute atomic E-state index is 10.5. The molecule has 2 rings (SSSR count). The highest BCUT2D eigenvalue weighted by Gasteiger charge is 1.91. The summed E-state index contributed by atoms with van der Waals surface area (Å²) in [6.45, 7) is 0. The first-order valence-corrected chi connectivity index (χ1v) is 5.64. The van der Waals surface area contributed by atoms with E-state index in [1.165, 1.54) is 11.1 Å². The Morgan fingerprint density at radius 1 is 0.824 bits per heavy atom. The predicted octanol–water partition coefficient (Wildman–Crippen LogP) is 3.76. The van der Waals surface area contributed by atoms with Gasteiger partial charge in [-0.05, 0) is 17.5 Å². The van der Waals surface area contributed by atoms with Gasteiger partial charge in [0, 0.05) is 5.56 Å². The fourth-order valence-corrected chi connectivity index (χ4v) is 1.63. The van der Waals surface area contributed by atoms with Gasteiger partial charge in [-0.1, -0.05) is 66.7 Å². The van der Waals surface area contributed by atoms with E-state index in [1.54, 1.807) is 0 Å². The molecule has 0 N–H and O–H groups in total. The lowest BCUT2D eigenvalue weighted by Gasteiger charge is -1.97. The third-order valence-corrected chi connectivity index (χ3v) is 2.58. The highest BCUT2D eigenvalue weighted by Crippen LogP contribution is 2.06. The summed E-state index contributed by atoms with van der Waals surface area (Å²) in [5, 5.41) is 0. The van der Waals surface area contributed by atoms with Gasteiger partial charge in [-0.25, -0.2) is 0 Å². The number of hydrogen-bond acceptors (Lipinski definition) is 1. The van der Waals surface area contributed by atoms with Gasteiger partial charge in [0.25, 0.3) is 0 Å². The minimum Gasteiger partial charge on any atom is -0.298 e. The summed E-state index contributed by atoms with van der Waals surface area (Å²) in [6, 6.07) is 17.9. The second kappa shape index (κ2) is 5.80. The third-order valence-electron chi connectivity index (χ3n) is 2.58. The van der Waals surface area contributed by atoms with E-state index in [1.807, 2.05) is 42.5 Å². The molecule has 2 aromatic carbocycles. The van der Waals surface area contributed by atoms with Crippen LogP contribution in [0.4, 0.5) is 0 Å². The fraction of sp³-hybridized carbons (Fsp3) is 0.0625. The Balaban J connectivity index is 1.97. The average molecular weight is 222 g/mol. The van der Waals surface area contributed by atoms with Gasteiger partial charge in [0.2, 0.25) is 0 Å². The van der Waals surface area contributed by atoms with Crippen LogP contribution in [0.25, 0.3) is 6.08 Å². The van der Waals surface area contributed by atoms with Gasteiger partial charge in [0.05, 0.1) is 0 Å². The molecular weight excluding hydrogens is 208 g/mol. The minimum atomic E-state index is 0.723. The third kappa shape index (κ3) is 3.42. The molecule has 0 atom stereocenters. The number of carbonyl (C=O) groups excluding carboxylic acids is 1. The maximum Gasteiger partial charge on any atom is 0.150 e. The first-order chi connectivity index (χ1) is 8.38. The summed E-state index contributed by atoms with van der Waals surface area (Å²) in [4.78, 5) is 10.5. The van der Waals surface area contributed by atoms with Gasteiger partial charge in [-0.15, -0.1) is 0 Å². The molecule has 0 fully saturated rings. The molecule has 2 aromatic rings. The highest BCUT2D eigenvalue weighted by atomic mass is 16.1. The molecule has 0 spiro atoms. The molecule has 0 radical (unpaired) electrons. The summed E-state index contributed by atoms with van der Waals surface area (Å²) in [5.41, 5.74) is 3.14. The van der Waals surface area contributed by atoms with Crippen LogP contribution in [0.1, 0.15) is 21.5 Å². The van der Waals surface area contributed by atoms with Crippen molar-refractivity contribution in [2.45, 2.75) is 6.42 Å². The molecule has 0 aliphatic rings. The molecule has 0 saturated heterocycles. The molecule has 84 valence electrons. The van der Waals surface area contributed by atoms with Crippen molar-refractivity contribution in [1.29, 1.82) is 0 Å². The zero-order valence-corrected chi connectivity index (χ0v) is 9.54. The van der Waals surface area contributed by atoms with Gasteiger partial charge >= 0.3 is 0 Å². The van der Waals surface area contributed by atoms with Gasteiger partial charge in [-0.2, -0.15) is 0 Å². The van der Waals surface area contributed by atoms with Crippen molar-refractivity contribution in [1.82, 2.24) is 0 Å². The van der Waals surface area contributed by atoms with Crippen LogP contribution in [-0.4, -0.2) is 6.29 Å². The van der Waals surface area contributed by atoms with Crippen LogP contribution >= 0.6 is 0 Å². The van der Waals surface area contributed by atoms with Gasteiger partial charge in [0.1, 0.15) is 6.29 Å². The zero-order valence-electron chi connectivity index (χ0n) is 9.54. The Morgan fingerprint density at radius 3 is 2.18 bits per heavy atom. The molecule has 0 amide bonds. The quantitative estimate of drug-likeness (QED) is 0.720. The van der Waals surface area contributed by atoms with Crippen LogP contribution in [-0.2, 0) is 6.42 Å². The Hall–Kier alpha value is -2.15. The molecule has 0 heterocycles. The van der Waals surface area contributed by atoms with Crippen molar-refractivity contribution in [2.75, 3.05) is 0 Å². The standard InChI is InChI=1S/C16H14O/c17-13-16-11-9-15(10-12-16)8-4-7-14-5-2-1-3-6-14/h1-7,9-13H,8H2/b7-4+. The Bertz CT molecular complexity index is 495. The summed E-state index contributed by atoms with van der Waals surface area (Å²) in [7, 11) is 0. The van der Waals surface area contributed by atoms with E-state index >= 15 is 0 Å². The number of hydrogen-bond donors (Lipinski definition) is 0. The van der Waals surface area contributed by atoms with Crippen LogP contribution in [0.5, 0.6) is 0 Å². The first-order valence-electron chi connectivity index (χ1n) is 5.64. The first kappa shape index (κ1) is 11.3. The second-order valence-electron chi connectivity index (χ2n) is 3.88. The molecular formula is C16H14O.